The topological polar surface area (TPSA) is 66.6 Å². The van der Waals surface area contributed by atoms with Gasteiger partial charge < -0.3 is 5.73 Å². The molecule has 0 aliphatic carbocycles. The van der Waals surface area contributed by atoms with E-state index < -0.39 is 15.8 Å². The van der Waals surface area contributed by atoms with Crippen LogP contribution in [0.25, 0.3) is 0 Å². The molecule has 2 fully saturated rings. The van der Waals surface area contributed by atoms with Gasteiger partial charge in [0.05, 0.1) is 10.6 Å². The SMILES string of the molecule is Nc1ccc(S(=O)(=O)N2CCN3CCCC3C2)cc1F. The number of halogens is 1. The molecule has 110 valence electrons. The lowest BCUT2D eigenvalue weighted by molar-refractivity contribution is 0.158. The van der Waals surface area contributed by atoms with Crippen molar-refractivity contribution in [1.29, 1.82) is 0 Å². The van der Waals surface area contributed by atoms with Crippen molar-refractivity contribution in [2.75, 3.05) is 31.9 Å². The summed E-state index contributed by atoms with van der Waals surface area (Å²) in [7, 11) is -3.63. The van der Waals surface area contributed by atoms with Crippen molar-refractivity contribution < 1.29 is 12.8 Å². The third-order valence-corrected chi connectivity index (χ3v) is 6.02. The fourth-order valence-corrected chi connectivity index (χ4v) is 4.48. The van der Waals surface area contributed by atoms with E-state index in [1.807, 2.05) is 0 Å². The molecule has 5 nitrogen and oxygen atoms in total. The Bertz CT molecular complexity index is 620. The van der Waals surface area contributed by atoms with E-state index in [2.05, 4.69) is 4.90 Å². The second-order valence-corrected chi connectivity index (χ2v) is 7.32. The number of rotatable bonds is 2. The third-order valence-electron chi connectivity index (χ3n) is 4.16. The lowest BCUT2D eigenvalue weighted by Gasteiger charge is -2.36. The first-order valence-corrected chi connectivity index (χ1v) is 8.22. The number of fused-ring (bicyclic) bond motifs is 1. The van der Waals surface area contributed by atoms with Gasteiger partial charge in [-0.2, -0.15) is 4.31 Å². The van der Waals surface area contributed by atoms with Crippen molar-refractivity contribution >= 4 is 15.7 Å². The predicted molar refractivity (Wildman–Crippen MR) is 74.2 cm³/mol. The summed E-state index contributed by atoms with van der Waals surface area (Å²) in [5.74, 6) is -0.689. The van der Waals surface area contributed by atoms with Crippen LogP contribution in [0.15, 0.2) is 23.1 Å². The Morgan fingerprint density at radius 2 is 2.05 bits per heavy atom. The maximum absolute atomic E-state index is 13.5. The number of nitrogen functional groups attached to an aromatic ring is 1. The number of benzene rings is 1. The lowest BCUT2D eigenvalue weighted by Crippen LogP contribution is -2.51. The van der Waals surface area contributed by atoms with Crippen LogP contribution in [0, 0.1) is 5.82 Å². The van der Waals surface area contributed by atoms with Gasteiger partial charge in [-0.15, -0.1) is 0 Å². The first kappa shape index (κ1) is 13.8. The van der Waals surface area contributed by atoms with Crippen LogP contribution in [0.4, 0.5) is 10.1 Å². The molecule has 0 bridgehead atoms. The van der Waals surface area contributed by atoms with E-state index in [9.17, 15) is 12.8 Å². The van der Waals surface area contributed by atoms with E-state index in [1.165, 1.54) is 16.4 Å². The minimum absolute atomic E-state index is 0.0179. The fourth-order valence-electron chi connectivity index (χ4n) is 3.00. The van der Waals surface area contributed by atoms with Gasteiger partial charge in [0.1, 0.15) is 5.82 Å². The van der Waals surface area contributed by atoms with Gasteiger partial charge in [-0.3, -0.25) is 4.90 Å². The van der Waals surface area contributed by atoms with Gasteiger partial charge >= 0.3 is 0 Å². The molecule has 20 heavy (non-hydrogen) atoms. The minimum Gasteiger partial charge on any atom is -0.396 e. The summed E-state index contributed by atoms with van der Waals surface area (Å²) in [6.07, 6.45) is 2.15. The van der Waals surface area contributed by atoms with Crippen molar-refractivity contribution in [2.45, 2.75) is 23.8 Å². The molecule has 1 aromatic rings. The van der Waals surface area contributed by atoms with Crippen LogP contribution in [0.3, 0.4) is 0 Å². The molecular weight excluding hydrogens is 281 g/mol. The Balaban J connectivity index is 1.86. The van der Waals surface area contributed by atoms with Gasteiger partial charge in [0, 0.05) is 25.7 Å². The zero-order valence-corrected chi connectivity index (χ0v) is 11.9. The number of nitrogens with two attached hydrogens (primary N) is 1. The first-order chi connectivity index (χ1) is 9.48. The predicted octanol–water partition coefficient (Wildman–Crippen LogP) is 0.877. The standard InChI is InChI=1S/C13H18FN3O2S/c14-12-8-11(3-4-13(12)15)20(18,19)17-7-6-16-5-1-2-10(16)9-17/h3-4,8,10H,1-2,5-7,9,15H2. The number of piperazine rings is 1. The average molecular weight is 299 g/mol. The molecule has 2 aliphatic rings. The second-order valence-electron chi connectivity index (χ2n) is 5.38. The molecule has 7 heteroatoms. The van der Waals surface area contributed by atoms with Gasteiger partial charge in [0.2, 0.25) is 10.0 Å². The number of nitrogens with zero attached hydrogens (tertiary/aromatic N) is 2. The Morgan fingerprint density at radius 3 is 2.80 bits per heavy atom. The lowest BCUT2D eigenvalue weighted by atomic mass is 10.2. The van der Waals surface area contributed by atoms with Gasteiger partial charge in [-0.25, -0.2) is 12.8 Å². The molecule has 0 amide bonds. The van der Waals surface area contributed by atoms with Gasteiger partial charge in [-0.05, 0) is 37.6 Å². The highest BCUT2D eigenvalue weighted by Gasteiger charge is 2.36. The highest BCUT2D eigenvalue weighted by atomic mass is 32.2. The Labute approximate surface area is 118 Å². The normalized spacial score (nSPS) is 24.8. The summed E-state index contributed by atoms with van der Waals surface area (Å²) < 4.78 is 40.0. The van der Waals surface area contributed by atoms with E-state index in [1.54, 1.807) is 0 Å². The van der Waals surface area contributed by atoms with E-state index in [0.717, 1.165) is 32.0 Å². The van der Waals surface area contributed by atoms with E-state index in [4.69, 9.17) is 5.73 Å². The summed E-state index contributed by atoms with van der Waals surface area (Å²) in [4.78, 5) is 2.31. The maximum atomic E-state index is 13.5. The molecule has 1 unspecified atom stereocenters. The number of sulfonamides is 1. The van der Waals surface area contributed by atoms with Crippen molar-refractivity contribution in [3.05, 3.63) is 24.0 Å². The third kappa shape index (κ3) is 2.30. The zero-order valence-electron chi connectivity index (χ0n) is 11.1. The van der Waals surface area contributed by atoms with E-state index in [0.29, 0.717) is 19.1 Å². The number of anilines is 1. The molecular formula is C13H18FN3O2S. The van der Waals surface area contributed by atoms with Gasteiger partial charge in [0.15, 0.2) is 0 Å². The molecule has 3 rings (SSSR count). The van der Waals surface area contributed by atoms with Gasteiger partial charge in [-0.1, -0.05) is 0 Å². The van der Waals surface area contributed by atoms with Crippen LogP contribution in [-0.2, 0) is 10.0 Å². The van der Waals surface area contributed by atoms with Crippen LogP contribution < -0.4 is 5.73 Å². The Kier molecular flexibility index (Phi) is 3.43. The molecule has 1 atom stereocenters. The monoisotopic (exact) mass is 299 g/mol. The van der Waals surface area contributed by atoms with Crippen molar-refractivity contribution in [1.82, 2.24) is 9.21 Å². The highest BCUT2D eigenvalue weighted by Crippen LogP contribution is 2.26. The van der Waals surface area contributed by atoms with E-state index >= 15 is 0 Å². The molecule has 0 radical (unpaired) electrons. The largest absolute Gasteiger partial charge is 0.396 e. The first-order valence-electron chi connectivity index (χ1n) is 6.78. The van der Waals surface area contributed by atoms with Crippen molar-refractivity contribution in [2.24, 2.45) is 0 Å². The van der Waals surface area contributed by atoms with Crippen LogP contribution in [0.2, 0.25) is 0 Å². The molecule has 0 saturated carbocycles. The molecule has 2 N–H and O–H groups in total. The molecule has 2 heterocycles. The number of hydrogen-bond acceptors (Lipinski definition) is 4. The molecule has 1 aromatic carbocycles. The van der Waals surface area contributed by atoms with Gasteiger partial charge in [0.25, 0.3) is 0 Å². The average Bonchev–Trinajstić information content (AvgIpc) is 2.89. The summed E-state index contributed by atoms with van der Waals surface area (Å²) in [5.41, 5.74) is 5.35. The summed E-state index contributed by atoms with van der Waals surface area (Å²) >= 11 is 0. The maximum Gasteiger partial charge on any atom is 0.243 e. The van der Waals surface area contributed by atoms with Crippen molar-refractivity contribution in [3.63, 3.8) is 0 Å². The summed E-state index contributed by atoms with van der Waals surface area (Å²) in [5, 5.41) is 0. The Morgan fingerprint density at radius 1 is 1.25 bits per heavy atom. The van der Waals surface area contributed by atoms with Crippen LogP contribution in [0.1, 0.15) is 12.8 Å². The summed E-state index contributed by atoms with van der Waals surface area (Å²) in [6.45, 7) is 2.76. The molecule has 0 spiro atoms. The smallest absolute Gasteiger partial charge is 0.243 e. The van der Waals surface area contributed by atoms with Crippen LogP contribution in [-0.4, -0.2) is 49.8 Å². The second kappa shape index (κ2) is 4.98. The molecule has 2 saturated heterocycles. The quantitative estimate of drug-likeness (QED) is 0.823. The van der Waals surface area contributed by atoms with Crippen molar-refractivity contribution in [3.8, 4) is 0 Å². The van der Waals surface area contributed by atoms with Crippen LogP contribution in [0.5, 0.6) is 0 Å². The fraction of sp³-hybridized carbons (Fsp3) is 0.538. The van der Waals surface area contributed by atoms with Crippen LogP contribution >= 0.6 is 0 Å². The molecule has 0 aromatic heterocycles. The molecule has 2 aliphatic heterocycles. The minimum atomic E-state index is -3.63. The Hall–Kier alpha value is -1.18. The number of hydrogen-bond donors (Lipinski definition) is 1. The zero-order chi connectivity index (χ0) is 14.3. The highest BCUT2D eigenvalue weighted by molar-refractivity contribution is 7.89. The van der Waals surface area contributed by atoms with E-state index in [-0.39, 0.29) is 10.6 Å². The summed E-state index contributed by atoms with van der Waals surface area (Å²) in [6, 6.07) is 3.98.